The van der Waals surface area contributed by atoms with E-state index < -0.39 is 0 Å². The number of methoxy groups -OCH3 is 1. The Morgan fingerprint density at radius 3 is 3.17 bits per heavy atom. The number of ether oxygens (including phenoxy) is 1. The van der Waals surface area contributed by atoms with Crippen LogP contribution in [0.5, 0.6) is 0 Å². The Hall–Kier alpha value is -1.40. The quantitative estimate of drug-likeness (QED) is 0.840. The van der Waals surface area contributed by atoms with Crippen molar-refractivity contribution in [1.29, 1.82) is 0 Å². The first-order chi connectivity index (χ1) is 8.64. The van der Waals surface area contributed by atoms with Crippen LogP contribution in [0.3, 0.4) is 0 Å². The first kappa shape index (κ1) is 11.7. The lowest BCUT2D eigenvalue weighted by atomic mass is 9.70. The highest BCUT2D eigenvalue weighted by molar-refractivity contribution is 5.95. The molecule has 2 heterocycles. The van der Waals surface area contributed by atoms with Gasteiger partial charge in [-0.05, 0) is 18.8 Å². The Labute approximate surface area is 105 Å². The third-order valence-electron chi connectivity index (χ3n) is 4.14. The molecule has 0 radical (unpaired) electrons. The fourth-order valence-corrected chi connectivity index (χ4v) is 2.89. The van der Waals surface area contributed by atoms with Gasteiger partial charge in [-0.1, -0.05) is 5.16 Å². The number of nitrogens with two attached hydrogens (primary N) is 1. The Morgan fingerprint density at radius 1 is 1.78 bits per heavy atom. The molecule has 3 rings (SSSR count). The van der Waals surface area contributed by atoms with Crippen LogP contribution in [0.2, 0.25) is 0 Å². The van der Waals surface area contributed by atoms with Crippen LogP contribution in [-0.4, -0.2) is 41.7 Å². The van der Waals surface area contributed by atoms with Gasteiger partial charge in [0.2, 0.25) is 0 Å². The zero-order valence-corrected chi connectivity index (χ0v) is 10.4. The van der Waals surface area contributed by atoms with Crippen LogP contribution in [0, 0.1) is 5.92 Å². The number of likely N-dealkylation sites (tertiary alicyclic amines) is 1. The summed E-state index contributed by atoms with van der Waals surface area (Å²) in [6.45, 7) is 1.66. The number of nitrogens with zero attached hydrogens (tertiary/aromatic N) is 2. The summed E-state index contributed by atoms with van der Waals surface area (Å²) in [6, 6.07) is 0. The molecule has 0 unspecified atom stereocenters. The summed E-state index contributed by atoms with van der Waals surface area (Å²) in [5.41, 5.74) is 7.11. The van der Waals surface area contributed by atoms with Crippen molar-refractivity contribution in [3.8, 4) is 0 Å². The van der Waals surface area contributed by atoms with Gasteiger partial charge in [0.25, 0.3) is 5.91 Å². The molecule has 1 aliphatic heterocycles. The van der Waals surface area contributed by atoms with Gasteiger partial charge < -0.3 is 19.9 Å². The molecule has 18 heavy (non-hydrogen) atoms. The minimum absolute atomic E-state index is 0.0532. The molecule has 1 amide bonds. The van der Waals surface area contributed by atoms with Crippen molar-refractivity contribution in [3.63, 3.8) is 0 Å². The molecule has 1 aromatic rings. The Balaban J connectivity index is 1.77. The smallest absolute Gasteiger partial charge is 0.259 e. The lowest BCUT2D eigenvalue weighted by Crippen LogP contribution is -2.54. The lowest BCUT2D eigenvalue weighted by molar-refractivity contribution is 0.0779. The second-order valence-corrected chi connectivity index (χ2v) is 5.26. The highest BCUT2D eigenvalue weighted by Gasteiger charge is 2.51. The van der Waals surface area contributed by atoms with E-state index in [0.29, 0.717) is 23.7 Å². The van der Waals surface area contributed by atoms with Crippen LogP contribution < -0.4 is 5.73 Å². The molecule has 1 aromatic heterocycles. The second-order valence-electron chi connectivity index (χ2n) is 5.26. The summed E-state index contributed by atoms with van der Waals surface area (Å²) in [5.74, 6) is 0.398. The largest absolute Gasteiger partial charge is 0.378 e. The summed E-state index contributed by atoms with van der Waals surface area (Å²) in [5, 5.41) is 3.79. The monoisotopic (exact) mass is 251 g/mol. The minimum Gasteiger partial charge on any atom is -0.378 e. The van der Waals surface area contributed by atoms with Crippen molar-refractivity contribution in [3.05, 3.63) is 17.5 Å². The Kier molecular flexibility index (Phi) is 2.64. The number of amides is 1. The highest BCUT2D eigenvalue weighted by atomic mass is 16.5. The van der Waals surface area contributed by atoms with Crippen molar-refractivity contribution in [2.24, 2.45) is 11.7 Å². The van der Waals surface area contributed by atoms with Crippen LogP contribution in [-0.2, 0) is 11.3 Å². The molecular weight excluding hydrogens is 234 g/mol. The number of rotatable bonds is 3. The predicted octanol–water partition coefficient (Wildman–Crippen LogP) is 0.384. The van der Waals surface area contributed by atoms with Gasteiger partial charge in [0.05, 0.1) is 6.61 Å². The normalized spacial score (nSPS) is 30.1. The standard InChI is InChI=1S/C12H17N3O3/c1-17-6-10-9(5-18-14-10)11(16)15-4-8-2-3-12(8,13)7-15/h5,8H,2-4,6-7,13H2,1H3/t8-,12-/m0/s1. The van der Waals surface area contributed by atoms with E-state index in [1.807, 2.05) is 4.90 Å². The van der Waals surface area contributed by atoms with Gasteiger partial charge in [-0.15, -0.1) is 0 Å². The van der Waals surface area contributed by atoms with E-state index in [4.69, 9.17) is 15.0 Å². The van der Waals surface area contributed by atoms with Gasteiger partial charge in [-0.25, -0.2) is 0 Å². The number of fused-ring (bicyclic) bond motifs is 1. The molecule has 0 spiro atoms. The van der Waals surface area contributed by atoms with Crippen molar-refractivity contribution >= 4 is 5.91 Å². The molecule has 2 aliphatic rings. The van der Waals surface area contributed by atoms with Gasteiger partial charge in [-0.3, -0.25) is 4.79 Å². The third-order valence-corrected chi connectivity index (χ3v) is 4.14. The Bertz CT molecular complexity index is 473. The molecule has 2 fully saturated rings. The third kappa shape index (κ3) is 1.64. The van der Waals surface area contributed by atoms with E-state index in [1.165, 1.54) is 6.26 Å². The minimum atomic E-state index is -0.158. The van der Waals surface area contributed by atoms with Crippen LogP contribution in [0.1, 0.15) is 28.9 Å². The summed E-state index contributed by atoms with van der Waals surface area (Å²) >= 11 is 0. The molecule has 1 saturated heterocycles. The van der Waals surface area contributed by atoms with E-state index in [1.54, 1.807) is 7.11 Å². The second kappa shape index (κ2) is 4.07. The maximum atomic E-state index is 12.4. The first-order valence-corrected chi connectivity index (χ1v) is 6.14. The average molecular weight is 251 g/mol. The van der Waals surface area contributed by atoms with Gasteiger partial charge in [-0.2, -0.15) is 0 Å². The van der Waals surface area contributed by atoms with Crippen molar-refractivity contribution < 1.29 is 14.1 Å². The van der Waals surface area contributed by atoms with Gasteiger partial charge in [0.1, 0.15) is 17.5 Å². The molecular formula is C12H17N3O3. The maximum absolute atomic E-state index is 12.4. The van der Waals surface area contributed by atoms with Crippen LogP contribution in [0.4, 0.5) is 0 Å². The SMILES string of the molecule is COCc1nocc1C(=O)N1C[C@@H]2CC[C@]2(N)C1. The van der Waals surface area contributed by atoms with Crippen molar-refractivity contribution in [2.75, 3.05) is 20.2 Å². The number of hydrogen-bond donors (Lipinski definition) is 1. The summed E-state index contributed by atoms with van der Waals surface area (Å²) in [4.78, 5) is 14.2. The van der Waals surface area contributed by atoms with Crippen LogP contribution >= 0.6 is 0 Å². The zero-order chi connectivity index (χ0) is 12.8. The maximum Gasteiger partial charge on any atom is 0.259 e. The Morgan fingerprint density at radius 2 is 2.61 bits per heavy atom. The number of hydrogen-bond acceptors (Lipinski definition) is 5. The highest BCUT2D eigenvalue weighted by Crippen LogP contribution is 2.42. The van der Waals surface area contributed by atoms with Crippen molar-refractivity contribution in [1.82, 2.24) is 10.1 Å². The van der Waals surface area contributed by atoms with Crippen molar-refractivity contribution in [2.45, 2.75) is 25.0 Å². The van der Waals surface area contributed by atoms with Crippen LogP contribution in [0.15, 0.2) is 10.8 Å². The van der Waals surface area contributed by atoms with E-state index in [2.05, 4.69) is 5.16 Å². The summed E-state index contributed by atoms with van der Waals surface area (Å²) < 4.78 is 9.86. The van der Waals surface area contributed by atoms with E-state index in [-0.39, 0.29) is 18.1 Å². The van der Waals surface area contributed by atoms with E-state index in [0.717, 1.165) is 19.4 Å². The lowest BCUT2D eigenvalue weighted by Gasteiger charge is -2.39. The summed E-state index contributed by atoms with van der Waals surface area (Å²) in [7, 11) is 1.56. The topological polar surface area (TPSA) is 81.6 Å². The molecule has 6 nitrogen and oxygen atoms in total. The molecule has 2 N–H and O–H groups in total. The number of aromatic nitrogens is 1. The molecule has 1 saturated carbocycles. The molecule has 0 aromatic carbocycles. The molecule has 1 aliphatic carbocycles. The molecule has 2 atom stereocenters. The summed E-state index contributed by atoms with van der Waals surface area (Å²) in [6.07, 6.45) is 3.52. The van der Waals surface area contributed by atoms with Gasteiger partial charge >= 0.3 is 0 Å². The zero-order valence-electron chi connectivity index (χ0n) is 10.4. The molecule has 98 valence electrons. The number of carbonyl (C=O) groups excluding carboxylic acids is 1. The first-order valence-electron chi connectivity index (χ1n) is 6.14. The fraction of sp³-hybridized carbons (Fsp3) is 0.667. The molecule has 6 heteroatoms. The number of carbonyl (C=O) groups is 1. The van der Waals surface area contributed by atoms with E-state index in [9.17, 15) is 4.79 Å². The molecule has 0 bridgehead atoms. The fourth-order valence-electron chi connectivity index (χ4n) is 2.89. The van der Waals surface area contributed by atoms with Gasteiger partial charge in [0.15, 0.2) is 0 Å². The van der Waals surface area contributed by atoms with E-state index >= 15 is 0 Å². The predicted molar refractivity (Wildman–Crippen MR) is 62.8 cm³/mol. The average Bonchev–Trinajstić information content (AvgIpc) is 2.88. The van der Waals surface area contributed by atoms with Gasteiger partial charge in [0, 0.05) is 25.7 Å². The van der Waals surface area contributed by atoms with Crippen LogP contribution in [0.25, 0.3) is 0 Å².